The van der Waals surface area contributed by atoms with Gasteiger partial charge in [-0.15, -0.1) is 0 Å². The Bertz CT molecular complexity index is 694. The molecule has 1 aromatic rings. The molecule has 0 spiro atoms. The van der Waals surface area contributed by atoms with Crippen molar-refractivity contribution in [2.75, 3.05) is 6.54 Å². The first-order chi connectivity index (χ1) is 12.0. The van der Waals surface area contributed by atoms with E-state index >= 15 is 0 Å². The van der Waals surface area contributed by atoms with Gasteiger partial charge in [-0.25, -0.2) is 8.42 Å². The summed E-state index contributed by atoms with van der Waals surface area (Å²) in [5, 5.41) is 3.11. The second kappa shape index (κ2) is 7.87. The minimum absolute atomic E-state index is 0.123. The van der Waals surface area contributed by atoms with Gasteiger partial charge in [-0.05, 0) is 44.7 Å². The number of carbonyl (C=O) groups is 1. The molecule has 1 aliphatic heterocycles. The first-order valence-corrected chi connectivity index (χ1v) is 10.8. The van der Waals surface area contributed by atoms with E-state index in [9.17, 15) is 13.2 Å². The molecule has 138 valence electrons. The summed E-state index contributed by atoms with van der Waals surface area (Å²) in [6.07, 6.45) is 7.81. The van der Waals surface area contributed by atoms with Crippen LogP contribution in [0.2, 0.25) is 0 Å². The third kappa shape index (κ3) is 4.23. The summed E-state index contributed by atoms with van der Waals surface area (Å²) in [4.78, 5) is 13.1. The highest BCUT2D eigenvalue weighted by Crippen LogP contribution is 2.26. The monoisotopic (exact) mass is 364 g/mol. The largest absolute Gasteiger partial charge is 0.352 e. The average molecular weight is 365 g/mol. The number of sulfonamides is 1. The number of hydrogen-bond donors (Lipinski definition) is 1. The standard InChI is InChI=1S/C19H28N2O3S/c1-15-10-12-17(13-11-15)25(23,24)21-14-6-5-9-18(21)19(22)20-16-7-3-2-4-8-16/h10-13,16,18H,2-9,14H2,1H3,(H,20,22)/t18-/m1/s1. The molecule has 1 saturated heterocycles. The average Bonchev–Trinajstić information content (AvgIpc) is 2.63. The van der Waals surface area contributed by atoms with E-state index in [0.717, 1.165) is 44.1 Å². The molecule has 5 nitrogen and oxygen atoms in total. The van der Waals surface area contributed by atoms with Gasteiger partial charge >= 0.3 is 0 Å². The normalized spacial score (nSPS) is 23.3. The Hall–Kier alpha value is -1.40. The highest BCUT2D eigenvalue weighted by molar-refractivity contribution is 7.89. The zero-order valence-electron chi connectivity index (χ0n) is 14.9. The van der Waals surface area contributed by atoms with Crippen LogP contribution in [0.4, 0.5) is 0 Å². The Balaban J connectivity index is 1.77. The molecule has 0 radical (unpaired) electrons. The number of aryl methyl sites for hydroxylation is 1. The number of piperidine rings is 1. The third-order valence-electron chi connectivity index (χ3n) is 5.34. The highest BCUT2D eigenvalue weighted by Gasteiger charge is 2.38. The van der Waals surface area contributed by atoms with E-state index in [-0.39, 0.29) is 16.8 Å². The van der Waals surface area contributed by atoms with Gasteiger partial charge in [-0.2, -0.15) is 4.31 Å². The summed E-state index contributed by atoms with van der Waals surface area (Å²) in [5.41, 5.74) is 1.02. The van der Waals surface area contributed by atoms with Crippen LogP contribution in [0.25, 0.3) is 0 Å². The lowest BCUT2D eigenvalue weighted by Crippen LogP contribution is -2.53. The van der Waals surface area contributed by atoms with E-state index < -0.39 is 16.1 Å². The second-order valence-corrected chi connectivity index (χ2v) is 9.17. The number of rotatable bonds is 4. The summed E-state index contributed by atoms with van der Waals surface area (Å²) < 4.78 is 27.5. The van der Waals surface area contributed by atoms with Gasteiger partial charge in [0.1, 0.15) is 6.04 Å². The van der Waals surface area contributed by atoms with Gasteiger partial charge in [0, 0.05) is 12.6 Å². The Morgan fingerprint density at radius 2 is 1.64 bits per heavy atom. The van der Waals surface area contributed by atoms with Gasteiger partial charge in [0.15, 0.2) is 0 Å². The number of nitrogens with zero attached hydrogens (tertiary/aromatic N) is 1. The number of carbonyl (C=O) groups excluding carboxylic acids is 1. The topological polar surface area (TPSA) is 66.5 Å². The van der Waals surface area contributed by atoms with Crippen LogP contribution in [0.5, 0.6) is 0 Å². The van der Waals surface area contributed by atoms with Crippen LogP contribution in [0.15, 0.2) is 29.2 Å². The van der Waals surface area contributed by atoms with Crippen molar-refractivity contribution in [3.05, 3.63) is 29.8 Å². The van der Waals surface area contributed by atoms with Crippen molar-refractivity contribution in [1.29, 1.82) is 0 Å². The summed E-state index contributed by atoms with van der Waals surface area (Å²) in [6, 6.07) is 6.49. The smallest absolute Gasteiger partial charge is 0.243 e. The van der Waals surface area contributed by atoms with Crippen molar-refractivity contribution in [2.24, 2.45) is 0 Å². The molecule has 0 aromatic heterocycles. The maximum absolute atomic E-state index is 13.1. The molecule has 1 heterocycles. The van der Waals surface area contributed by atoms with Gasteiger partial charge in [0.05, 0.1) is 4.90 Å². The van der Waals surface area contributed by atoms with Crippen LogP contribution in [0.3, 0.4) is 0 Å². The van der Waals surface area contributed by atoms with E-state index in [1.54, 1.807) is 24.3 Å². The second-order valence-electron chi connectivity index (χ2n) is 7.28. The fraction of sp³-hybridized carbons (Fsp3) is 0.632. The minimum atomic E-state index is -3.64. The van der Waals surface area contributed by atoms with Crippen molar-refractivity contribution in [3.8, 4) is 0 Å². The summed E-state index contributed by atoms with van der Waals surface area (Å²) in [6.45, 7) is 2.34. The maximum atomic E-state index is 13.1. The molecule has 1 aromatic carbocycles. The Labute approximate surface area is 150 Å². The van der Waals surface area contributed by atoms with Crippen LogP contribution in [-0.4, -0.2) is 37.3 Å². The van der Waals surface area contributed by atoms with E-state index in [4.69, 9.17) is 0 Å². The van der Waals surface area contributed by atoms with Gasteiger partial charge in [0.2, 0.25) is 15.9 Å². The molecule has 0 bridgehead atoms. The lowest BCUT2D eigenvalue weighted by atomic mass is 9.95. The molecule has 2 aliphatic rings. The molecule has 1 N–H and O–H groups in total. The van der Waals surface area contributed by atoms with Gasteiger partial charge < -0.3 is 5.32 Å². The van der Waals surface area contributed by atoms with Crippen LogP contribution in [0.1, 0.15) is 56.9 Å². The summed E-state index contributed by atoms with van der Waals surface area (Å²) in [7, 11) is -3.64. The predicted molar refractivity (Wildman–Crippen MR) is 97.7 cm³/mol. The van der Waals surface area contributed by atoms with E-state index in [1.165, 1.54) is 10.7 Å². The molecule has 25 heavy (non-hydrogen) atoms. The van der Waals surface area contributed by atoms with Crippen LogP contribution >= 0.6 is 0 Å². The molecule has 1 atom stereocenters. The first-order valence-electron chi connectivity index (χ1n) is 9.37. The molecular formula is C19H28N2O3S. The number of amides is 1. The van der Waals surface area contributed by atoms with E-state index in [1.807, 2.05) is 6.92 Å². The zero-order chi connectivity index (χ0) is 17.9. The van der Waals surface area contributed by atoms with Crippen molar-refractivity contribution in [1.82, 2.24) is 9.62 Å². The first kappa shape index (κ1) is 18.4. The molecule has 1 aliphatic carbocycles. The lowest BCUT2D eigenvalue weighted by molar-refractivity contribution is -0.126. The Morgan fingerprint density at radius 3 is 2.32 bits per heavy atom. The zero-order valence-corrected chi connectivity index (χ0v) is 15.7. The Morgan fingerprint density at radius 1 is 1.00 bits per heavy atom. The quantitative estimate of drug-likeness (QED) is 0.893. The van der Waals surface area contributed by atoms with Crippen LogP contribution in [-0.2, 0) is 14.8 Å². The van der Waals surface area contributed by atoms with E-state index in [0.29, 0.717) is 13.0 Å². The number of benzene rings is 1. The van der Waals surface area contributed by atoms with Gasteiger partial charge in [-0.3, -0.25) is 4.79 Å². The summed E-state index contributed by atoms with van der Waals surface area (Å²) in [5.74, 6) is -0.123. The molecule has 2 fully saturated rings. The SMILES string of the molecule is Cc1ccc(S(=O)(=O)N2CCCC[C@@H]2C(=O)NC2CCCCC2)cc1. The highest BCUT2D eigenvalue weighted by atomic mass is 32.2. The van der Waals surface area contributed by atoms with Crippen molar-refractivity contribution in [3.63, 3.8) is 0 Å². The molecule has 3 rings (SSSR count). The fourth-order valence-corrected chi connectivity index (χ4v) is 5.50. The number of hydrogen-bond acceptors (Lipinski definition) is 3. The van der Waals surface area contributed by atoms with Crippen molar-refractivity contribution >= 4 is 15.9 Å². The van der Waals surface area contributed by atoms with Gasteiger partial charge in [-0.1, -0.05) is 43.4 Å². The van der Waals surface area contributed by atoms with E-state index in [2.05, 4.69) is 5.32 Å². The predicted octanol–water partition coefficient (Wildman–Crippen LogP) is 2.99. The molecule has 1 amide bonds. The molecule has 0 unspecified atom stereocenters. The van der Waals surface area contributed by atoms with Gasteiger partial charge in [0.25, 0.3) is 0 Å². The number of nitrogens with one attached hydrogen (secondary N) is 1. The summed E-state index contributed by atoms with van der Waals surface area (Å²) >= 11 is 0. The lowest BCUT2D eigenvalue weighted by Gasteiger charge is -2.35. The van der Waals surface area contributed by atoms with Crippen LogP contribution in [0, 0.1) is 6.92 Å². The molecular weight excluding hydrogens is 336 g/mol. The Kier molecular flexibility index (Phi) is 5.79. The maximum Gasteiger partial charge on any atom is 0.243 e. The molecule has 1 saturated carbocycles. The molecule has 6 heteroatoms. The minimum Gasteiger partial charge on any atom is -0.352 e. The van der Waals surface area contributed by atoms with Crippen molar-refractivity contribution < 1.29 is 13.2 Å². The van der Waals surface area contributed by atoms with Crippen molar-refractivity contribution in [2.45, 2.75) is 75.3 Å². The third-order valence-corrected chi connectivity index (χ3v) is 7.26. The fourth-order valence-electron chi connectivity index (χ4n) is 3.84. The van der Waals surface area contributed by atoms with Crippen LogP contribution < -0.4 is 5.32 Å².